The van der Waals surface area contributed by atoms with Crippen molar-refractivity contribution in [2.75, 3.05) is 26.2 Å². The first-order valence-corrected chi connectivity index (χ1v) is 6.56. The van der Waals surface area contributed by atoms with Crippen LogP contribution in [0.4, 0.5) is 19.1 Å². The largest absolute Gasteiger partial charge is 0.433 e. The molecule has 1 atom stereocenters. The summed E-state index contributed by atoms with van der Waals surface area (Å²) >= 11 is 0. The standard InChI is InChI=1S/C12H14F3N3O4/c13-12(14,15)7-17-4-3-8(6-17)5-16-11(19)9-1-2-10(22-9)18(20)21/h1-2,8H,3-7H2,(H,16,19). The Labute approximate surface area is 123 Å². The zero-order valence-corrected chi connectivity index (χ0v) is 11.4. The maximum atomic E-state index is 12.3. The number of likely N-dealkylation sites (tertiary alicyclic amines) is 1. The highest BCUT2D eigenvalue weighted by molar-refractivity contribution is 5.91. The van der Waals surface area contributed by atoms with Crippen LogP contribution >= 0.6 is 0 Å². The predicted octanol–water partition coefficient (Wildman–Crippen LogP) is 1.80. The number of halogens is 3. The van der Waals surface area contributed by atoms with Gasteiger partial charge in [-0.05, 0) is 24.9 Å². The van der Waals surface area contributed by atoms with Crippen LogP contribution < -0.4 is 5.32 Å². The monoisotopic (exact) mass is 321 g/mol. The van der Waals surface area contributed by atoms with E-state index in [4.69, 9.17) is 4.42 Å². The van der Waals surface area contributed by atoms with Crippen LogP contribution in [0.2, 0.25) is 0 Å². The van der Waals surface area contributed by atoms with Gasteiger partial charge in [0, 0.05) is 13.1 Å². The second kappa shape index (κ2) is 6.34. The molecule has 7 nitrogen and oxygen atoms in total. The average Bonchev–Trinajstić information content (AvgIpc) is 3.02. The molecule has 2 heterocycles. The van der Waals surface area contributed by atoms with Crippen molar-refractivity contribution in [3.05, 3.63) is 28.0 Å². The Morgan fingerprint density at radius 2 is 2.23 bits per heavy atom. The van der Waals surface area contributed by atoms with Crippen molar-refractivity contribution in [3.63, 3.8) is 0 Å². The molecule has 22 heavy (non-hydrogen) atoms. The Balaban J connectivity index is 1.78. The first-order chi connectivity index (χ1) is 10.2. The summed E-state index contributed by atoms with van der Waals surface area (Å²) in [5.41, 5.74) is 0. The average molecular weight is 321 g/mol. The summed E-state index contributed by atoms with van der Waals surface area (Å²) in [6.07, 6.45) is -3.68. The zero-order chi connectivity index (χ0) is 16.3. The fourth-order valence-corrected chi connectivity index (χ4v) is 2.35. The molecule has 1 fully saturated rings. The lowest BCUT2D eigenvalue weighted by Gasteiger charge is -2.17. The van der Waals surface area contributed by atoms with Gasteiger partial charge in [-0.2, -0.15) is 13.2 Å². The molecule has 0 radical (unpaired) electrons. The molecule has 1 aromatic rings. The lowest BCUT2D eigenvalue weighted by molar-refractivity contribution is -0.402. The molecule has 0 aromatic carbocycles. The predicted molar refractivity (Wildman–Crippen MR) is 68.3 cm³/mol. The van der Waals surface area contributed by atoms with Crippen LogP contribution in [0.1, 0.15) is 17.0 Å². The van der Waals surface area contributed by atoms with E-state index >= 15 is 0 Å². The van der Waals surface area contributed by atoms with Gasteiger partial charge in [0.05, 0.1) is 12.6 Å². The lowest BCUT2D eigenvalue weighted by atomic mass is 10.1. The molecular weight excluding hydrogens is 307 g/mol. The number of nitrogens with one attached hydrogen (secondary N) is 1. The van der Waals surface area contributed by atoms with E-state index in [9.17, 15) is 28.1 Å². The Morgan fingerprint density at radius 3 is 2.82 bits per heavy atom. The number of nitrogens with zero attached hydrogens (tertiary/aromatic N) is 2. The van der Waals surface area contributed by atoms with Gasteiger partial charge < -0.3 is 9.73 Å². The van der Waals surface area contributed by atoms with Crippen LogP contribution in [0.25, 0.3) is 0 Å². The van der Waals surface area contributed by atoms with E-state index in [0.29, 0.717) is 13.0 Å². The molecule has 1 aromatic heterocycles. The fraction of sp³-hybridized carbons (Fsp3) is 0.583. The van der Waals surface area contributed by atoms with Crippen molar-refractivity contribution in [2.45, 2.75) is 12.6 Å². The maximum absolute atomic E-state index is 12.3. The normalized spacial score (nSPS) is 19.3. The molecule has 0 bridgehead atoms. The molecule has 0 aliphatic carbocycles. The van der Waals surface area contributed by atoms with Crippen LogP contribution in [0.5, 0.6) is 0 Å². The molecule has 1 unspecified atom stereocenters. The highest BCUT2D eigenvalue weighted by Gasteiger charge is 2.34. The number of rotatable bonds is 5. The summed E-state index contributed by atoms with van der Waals surface area (Å²) in [4.78, 5) is 22.7. The third kappa shape index (κ3) is 4.45. The highest BCUT2D eigenvalue weighted by atomic mass is 19.4. The van der Waals surface area contributed by atoms with E-state index in [1.807, 2.05) is 0 Å². The Bertz CT molecular complexity index is 558. The number of nitro groups is 1. The van der Waals surface area contributed by atoms with E-state index in [-0.39, 0.29) is 24.8 Å². The summed E-state index contributed by atoms with van der Waals surface area (Å²) in [5.74, 6) is -1.45. The lowest BCUT2D eigenvalue weighted by Crippen LogP contribution is -2.34. The summed E-state index contributed by atoms with van der Waals surface area (Å²) < 4.78 is 41.5. The van der Waals surface area contributed by atoms with Gasteiger partial charge in [0.25, 0.3) is 5.91 Å². The maximum Gasteiger partial charge on any atom is 0.433 e. The van der Waals surface area contributed by atoms with Gasteiger partial charge in [0.1, 0.15) is 4.92 Å². The summed E-state index contributed by atoms with van der Waals surface area (Å²) in [7, 11) is 0. The first-order valence-electron chi connectivity index (χ1n) is 6.56. The Hall–Kier alpha value is -2.10. The summed E-state index contributed by atoms with van der Waals surface area (Å²) in [6, 6.07) is 2.24. The molecule has 2 rings (SSSR count). The molecule has 122 valence electrons. The van der Waals surface area contributed by atoms with Gasteiger partial charge in [0.2, 0.25) is 0 Å². The second-order valence-corrected chi connectivity index (χ2v) is 5.11. The van der Waals surface area contributed by atoms with Gasteiger partial charge in [-0.3, -0.25) is 19.8 Å². The van der Waals surface area contributed by atoms with E-state index in [0.717, 1.165) is 6.07 Å². The second-order valence-electron chi connectivity index (χ2n) is 5.11. The fourth-order valence-electron chi connectivity index (χ4n) is 2.35. The minimum Gasteiger partial charge on any atom is -0.395 e. The third-order valence-corrected chi connectivity index (χ3v) is 3.32. The zero-order valence-electron chi connectivity index (χ0n) is 11.4. The van der Waals surface area contributed by atoms with Gasteiger partial charge in [0.15, 0.2) is 5.76 Å². The number of hydrogen-bond acceptors (Lipinski definition) is 5. The van der Waals surface area contributed by atoms with Crippen molar-refractivity contribution < 1.29 is 27.3 Å². The highest BCUT2D eigenvalue weighted by Crippen LogP contribution is 2.22. The Morgan fingerprint density at radius 1 is 1.50 bits per heavy atom. The van der Waals surface area contributed by atoms with Gasteiger partial charge in [-0.25, -0.2) is 0 Å². The molecule has 1 N–H and O–H groups in total. The van der Waals surface area contributed by atoms with Crippen molar-refractivity contribution in [1.82, 2.24) is 10.2 Å². The summed E-state index contributed by atoms with van der Waals surface area (Å²) in [5, 5.41) is 13.0. The van der Waals surface area contributed by atoms with Gasteiger partial charge >= 0.3 is 12.1 Å². The molecule has 1 amide bonds. The first kappa shape index (κ1) is 16.3. The number of carbonyl (C=O) groups is 1. The van der Waals surface area contributed by atoms with E-state index in [2.05, 4.69) is 5.32 Å². The number of furan rings is 1. The SMILES string of the molecule is O=C(NCC1CCN(CC(F)(F)F)C1)c1ccc([N+](=O)[O-])o1. The minimum atomic E-state index is -4.23. The van der Waals surface area contributed by atoms with Crippen molar-refractivity contribution in [3.8, 4) is 0 Å². The van der Waals surface area contributed by atoms with Crippen LogP contribution in [-0.2, 0) is 0 Å². The third-order valence-electron chi connectivity index (χ3n) is 3.32. The smallest absolute Gasteiger partial charge is 0.395 e. The number of hydrogen-bond donors (Lipinski definition) is 1. The van der Waals surface area contributed by atoms with Gasteiger partial charge in [-0.1, -0.05) is 0 Å². The van der Waals surface area contributed by atoms with Crippen molar-refractivity contribution >= 4 is 11.8 Å². The molecular formula is C12H14F3N3O4. The number of alkyl halides is 3. The van der Waals surface area contributed by atoms with Crippen molar-refractivity contribution in [1.29, 1.82) is 0 Å². The molecule has 1 saturated heterocycles. The quantitative estimate of drug-likeness (QED) is 0.660. The van der Waals surface area contributed by atoms with Gasteiger partial charge in [-0.15, -0.1) is 0 Å². The number of amides is 1. The van der Waals surface area contributed by atoms with Crippen LogP contribution in [0.3, 0.4) is 0 Å². The van der Waals surface area contributed by atoms with E-state index < -0.39 is 29.4 Å². The molecule has 1 aliphatic rings. The number of carbonyl (C=O) groups excluding carboxylic acids is 1. The summed E-state index contributed by atoms with van der Waals surface area (Å²) in [6.45, 7) is -0.187. The minimum absolute atomic E-state index is 0.0868. The molecule has 0 spiro atoms. The Kier molecular flexibility index (Phi) is 4.69. The van der Waals surface area contributed by atoms with E-state index in [1.54, 1.807) is 0 Å². The topological polar surface area (TPSA) is 88.6 Å². The van der Waals surface area contributed by atoms with Crippen LogP contribution in [-0.4, -0.2) is 48.1 Å². The molecule has 0 saturated carbocycles. The van der Waals surface area contributed by atoms with Crippen molar-refractivity contribution in [2.24, 2.45) is 5.92 Å². The van der Waals surface area contributed by atoms with Crippen LogP contribution in [0.15, 0.2) is 16.5 Å². The molecule has 1 aliphatic heterocycles. The van der Waals surface area contributed by atoms with Crippen LogP contribution in [0, 0.1) is 16.0 Å². The van der Waals surface area contributed by atoms with E-state index in [1.165, 1.54) is 11.0 Å². The molecule has 10 heteroatoms.